The minimum Gasteiger partial charge on any atom is -0.318 e. The van der Waals surface area contributed by atoms with E-state index in [1.54, 1.807) is 7.05 Å². The van der Waals surface area contributed by atoms with Crippen molar-refractivity contribution in [3.63, 3.8) is 0 Å². The van der Waals surface area contributed by atoms with Crippen LogP contribution in [0.5, 0.6) is 0 Å². The molecule has 4 rings (SSSR count). The fourth-order valence-corrected chi connectivity index (χ4v) is 3.27. The van der Waals surface area contributed by atoms with Crippen molar-refractivity contribution in [2.24, 2.45) is 0 Å². The lowest BCUT2D eigenvalue weighted by Gasteiger charge is -2.19. The molecule has 1 N–H and O–H groups in total. The molecular formula is C14H18N4O2. The number of nitrogens with one attached hydrogen (secondary N) is 1. The van der Waals surface area contributed by atoms with E-state index in [0.717, 1.165) is 49.6 Å². The molecule has 0 bridgehead atoms. The number of hydrogen-bond donors (Lipinski definition) is 1. The van der Waals surface area contributed by atoms with E-state index in [9.17, 15) is 9.59 Å². The molecule has 0 spiro atoms. The van der Waals surface area contributed by atoms with Gasteiger partial charge in [0.1, 0.15) is 11.9 Å². The maximum Gasteiger partial charge on any atom is 0.252 e. The lowest BCUT2D eigenvalue weighted by molar-refractivity contribution is -0.137. The zero-order valence-electron chi connectivity index (χ0n) is 11.6. The van der Waals surface area contributed by atoms with Crippen molar-refractivity contribution in [1.29, 1.82) is 0 Å². The Morgan fingerprint density at radius 2 is 2.10 bits per heavy atom. The summed E-state index contributed by atoms with van der Waals surface area (Å²) in [7, 11) is 1.58. The summed E-state index contributed by atoms with van der Waals surface area (Å²) in [4.78, 5) is 30.2. The fourth-order valence-electron chi connectivity index (χ4n) is 3.27. The van der Waals surface area contributed by atoms with Crippen LogP contribution < -0.4 is 5.32 Å². The van der Waals surface area contributed by atoms with Gasteiger partial charge in [0.25, 0.3) is 5.91 Å². The molecular weight excluding hydrogens is 256 g/mol. The highest BCUT2D eigenvalue weighted by atomic mass is 16.2. The molecule has 1 aliphatic carbocycles. The molecule has 2 aliphatic heterocycles. The number of imide groups is 1. The predicted octanol–water partition coefficient (Wildman–Crippen LogP) is 0.336. The Balaban J connectivity index is 1.82. The van der Waals surface area contributed by atoms with Crippen molar-refractivity contribution < 1.29 is 9.59 Å². The molecule has 1 atom stereocenters. The van der Waals surface area contributed by atoms with Crippen molar-refractivity contribution in [2.75, 3.05) is 13.6 Å². The number of carbonyl (C=O) groups excluding carboxylic acids is 2. The Kier molecular flexibility index (Phi) is 2.51. The van der Waals surface area contributed by atoms with Crippen molar-refractivity contribution in [1.82, 2.24) is 19.8 Å². The molecule has 6 heteroatoms. The summed E-state index contributed by atoms with van der Waals surface area (Å²) in [6, 6.07) is -0.363. The molecule has 1 saturated heterocycles. The summed E-state index contributed by atoms with van der Waals surface area (Å²) in [6.45, 7) is 1.68. The Labute approximate surface area is 117 Å². The van der Waals surface area contributed by atoms with Gasteiger partial charge in [-0.25, -0.2) is 4.98 Å². The van der Waals surface area contributed by atoms with E-state index < -0.39 is 0 Å². The second-order valence-corrected chi connectivity index (χ2v) is 5.95. The van der Waals surface area contributed by atoms with Gasteiger partial charge < -0.3 is 9.88 Å². The highest BCUT2D eigenvalue weighted by Gasteiger charge is 2.42. The first kappa shape index (κ1) is 12.1. The molecule has 1 unspecified atom stereocenters. The van der Waals surface area contributed by atoms with Crippen molar-refractivity contribution in [2.45, 2.75) is 44.2 Å². The number of carbonyl (C=O) groups is 2. The Bertz CT molecular complexity index is 603. The molecule has 1 aromatic heterocycles. The van der Waals surface area contributed by atoms with Crippen LogP contribution in [-0.4, -0.2) is 39.9 Å². The van der Waals surface area contributed by atoms with Gasteiger partial charge in [0.15, 0.2) is 0 Å². The lowest BCUT2D eigenvalue weighted by Crippen LogP contribution is -2.30. The van der Waals surface area contributed by atoms with Crippen molar-refractivity contribution in [3.8, 4) is 0 Å². The summed E-state index contributed by atoms with van der Waals surface area (Å²) in [5.41, 5.74) is 2.22. The number of likely N-dealkylation sites (tertiary alicyclic amines) is 1. The Morgan fingerprint density at radius 1 is 1.30 bits per heavy atom. The van der Waals surface area contributed by atoms with Crippen molar-refractivity contribution in [3.05, 3.63) is 17.2 Å². The SMILES string of the molecule is CN1C(=O)CC(n2c(C3CC3)nc3c2CCNC3)C1=O. The average molecular weight is 274 g/mol. The largest absolute Gasteiger partial charge is 0.318 e. The number of nitrogens with zero attached hydrogens (tertiary/aromatic N) is 3. The van der Waals surface area contributed by atoms with Crippen LogP contribution in [0.4, 0.5) is 0 Å². The molecule has 6 nitrogen and oxygen atoms in total. The number of likely N-dealkylation sites (N-methyl/N-ethyl adjacent to an activating group) is 1. The number of fused-ring (bicyclic) bond motifs is 1. The van der Waals surface area contributed by atoms with Crippen LogP contribution in [-0.2, 0) is 22.6 Å². The van der Waals surface area contributed by atoms with E-state index in [0.29, 0.717) is 5.92 Å². The first-order chi connectivity index (χ1) is 9.66. The summed E-state index contributed by atoms with van der Waals surface area (Å²) in [5.74, 6) is 1.34. The highest BCUT2D eigenvalue weighted by Crippen LogP contribution is 2.43. The summed E-state index contributed by atoms with van der Waals surface area (Å²) in [5, 5.41) is 3.32. The minimum absolute atomic E-state index is 0.0851. The molecule has 2 fully saturated rings. The summed E-state index contributed by atoms with van der Waals surface area (Å²) >= 11 is 0. The maximum atomic E-state index is 12.3. The second kappa shape index (κ2) is 4.15. The molecule has 3 aliphatic rings. The van der Waals surface area contributed by atoms with E-state index >= 15 is 0 Å². The van der Waals surface area contributed by atoms with Gasteiger partial charge in [-0.3, -0.25) is 14.5 Å². The normalized spacial score (nSPS) is 26.2. The van der Waals surface area contributed by atoms with Crippen LogP contribution in [0.2, 0.25) is 0 Å². The molecule has 0 aromatic carbocycles. The zero-order chi connectivity index (χ0) is 13.9. The van der Waals surface area contributed by atoms with Crippen LogP contribution >= 0.6 is 0 Å². The van der Waals surface area contributed by atoms with Crippen LogP contribution in [0.25, 0.3) is 0 Å². The smallest absolute Gasteiger partial charge is 0.252 e. The fraction of sp³-hybridized carbons (Fsp3) is 0.643. The zero-order valence-corrected chi connectivity index (χ0v) is 11.6. The standard InChI is InChI=1S/C14H18N4O2/c1-17-12(19)6-11(14(17)20)18-10-4-5-15-7-9(10)16-13(18)8-2-3-8/h8,11,15H,2-7H2,1H3. The molecule has 1 aromatic rings. The third-order valence-electron chi connectivity index (χ3n) is 4.56. The molecule has 2 amide bonds. The summed E-state index contributed by atoms with van der Waals surface area (Å²) in [6.07, 6.45) is 3.46. The van der Waals surface area contributed by atoms with Gasteiger partial charge in [0, 0.05) is 38.2 Å². The molecule has 1 saturated carbocycles. The maximum absolute atomic E-state index is 12.3. The lowest BCUT2D eigenvalue weighted by atomic mass is 10.1. The Hall–Kier alpha value is -1.69. The first-order valence-electron chi connectivity index (χ1n) is 7.28. The van der Waals surface area contributed by atoms with Crippen LogP contribution in [0, 0.1) is 0 Å². The number of amides is 2. The van der Waals surface area contributed by atoms with Gasteiger partial charge in [0.2, 0.25) is 5.91 Å². The molecule has 0 radical (unpaired) electrons. The average Bonchev–Trinajstić information content (AvgIpc) is 3.19. The number of aromatic nitrogens is 2. The van der Waals surface area contributed by atoms with Gasteiger partial charge in [-0.2, -0.15) is 0 Å². The third-order valence-corrected chi connectivity index (χ3v) is 4.56. The van der Waals surface area contributed by atoms with E-state index in [-0.39, 0.29) is 24.3 Å². The van der Waals surface area contributed by atoms with E-state index in [1.807, 2.05) is 0 Å². The predicted molar refractivity (Wildman–Crippen MR) is 71.0 cm³/mol. The van der Waals surface area contributed by atoms with Crippen LogP contribution in [0.15, 0.2) is 0 Å². The minimum atomic E-state index is -0.363. The third kappa shape index (κ3) is 1.64. The first-order valence-corrected chi connectivity index (χ1v) is 7.28. The van der Waals surface area contributed by atoms with E-state index in [4.69, 9.17) is 4.98 Å². The topological polar surface area (TPSA) is 67.2 Å². The van der Waals surface area contributed by atoms with Gasteiger partial charge in [-0.1, -0.05) is 0 Å². The second-order valence-electron chi connectivity index (χ2n) is 5.95. The Morgan fingerprint density at radius 3 is 2.75 bits per heavy atom. The van der Waals surface area contributed by atoms with Gasteiger partial charge in [-0.05, 0) is 12.8 Å². The molecule has 106 valence electrons. The van der Waals surface area contributed by atoms with Crippen LogP contribution in [0.3, 0.4) is 0 Å². The van der Waals surface area contributed by atoms with Crippen LogP contribution in [0.1, 0.15) is 48.4 Å². The van der Waals surface area contributed by atoms with Crippen molar-refractivity contribution >= 4 is 11.8 Å². The number of hydrogen-bond acceptors (Lipinski definition) is 4. The van der Waals surface area contributed by atoms with E-state index in [1.165, 1.54) is 4.90 Å². The monoisotopic (exact) mass is 274 g/mol. The summed E-state index contributed by atoms with van der Waals surface area (Å²) < 4.78 is 2.09. The van der Waals surface area contributed by atoms with Gasteiger partial charge in [0.05, 0.1) is 12.1 Å². The number of rotatable bonds is 2. The van der Waals surface area contributed by atoms with Gasteiger partial charge in [-0.15, -0.1) is 0 Å². The van der Waals surface area contributed by atoms with Gasteiger partial charge >= 0.3 is 0 Å². The molecule has 20 heavy (non-hydrogen) atoms. The quantitative estimate of drug-likeness (QED) is 0.790. The molecule has 3 heterocycles. The highest BCUT2D eigenvalue weighted by molar-refractivity contribution is 6.04. The van der Waals surface area contributed by atoms with E-state index in [2.05, 4.69) is 9.88 Å². The number of imidazole rings is 1.